The minimum Gasteiger partial charge on any atom is -0.325 e. The van der Waals surface area contributed by atoms with Crippen LogP contribution in [0.5, 0.6) is 0 Å². The smallest absolute Gasteiger partial charge is 0.234 e. The fourth-order valence-electron chi connectivity index (χ4n) is 3.50. The van der Waals surface area contributed by atoms with E-state index >= 15 is 0 Å². The highest BCUT2D eigenvalue weighted by Crippen LogP contribution is 2.36. The Kier molecular flexibility index (Phi) is 7.82. The Bertz CT molecular complexity index is 1090. The molecule has 2 aromatic carbocycles. The monoisotopic (exact) mass is 517 g/mol. The van der Waals surface area contributed by atoms with Gasteiger partial charge in [-0.05, 0) is 54.3 Å². The fourth-order valence-corrected chi connectivity index (χ4v) is 5.12. The van der Waals surface area contributed by atoms with E-state index in [9.17, 15) is 14.9 Å². The van der Waals surface area contributed by atoms with E-state index in [2.05, 4.69) is 32.6 Å². The summed E-state index contributed by atoms with van der Waals surface area (Å²) in [6.45, 7) is 3.98. The minimum absolute atomic E-state index is 0.0762. The lowest BCUT2D eigenvalue weighted by Crippen LogP contribution is -2.31. The molecular weight excluding hydrogens is 498 g/mol. The molecule has 31 heavy (non-hydrogen) atoms. The summed E-state index contributed by atoms with van der Waals surface area (Å²) in [4.78, 5) is 24.9. The predicted octanol–water partition coefficient (Wildman–Crippen LogP) is 5.68. The van der Waals surface area contributed by atoms with Gasteiger partial charge < -0.3 is 10.6 Å². The molecule has 160 valence electrons. The first-order valence-electron chi connectivity index (χ1n) is 9.73. The van der Waals surface area contributed by atoms with Gasteiger partial charge in [0.05, 0.1) is 22.4 Å². The third-order valence-electron chi connectivity index (χ3n) is 5.00. The average molecular weight is 519 g/mol. The van der Waals surface area contributed by atoms with Crippen LogP contribution >= 0.6 is 39.3 Å². The van der Waals surface area contributed by atoms with Crippen molar-refractivity contribution in [3.8, 4) is 6.07 Å². The van der Waals surface area contributed by atoms with Crippen molar-refractivity contribution in [3.05, 3.63) is 73.2 Å². The Morgan fingerprint density at radius 2 is 2.06 bits per heavy atom. The quantitative estimate of drug-likeness (QED) is 0.515. The standard InChI is InChI=1S/C23H21BrClN3O2S/c1-3-14-9-16(24)8-13(2)22(14)27-21(30)12-31-23-19(11-26)18(10-20(29)28-23)15-4-6-17(25)7-5-15/h4-9,18H,3,10,12H2,1-2H3,(H,27,30)(H,28,29)/t18-/m0/s1. The van der Waals surface area contributed by atoms with Crippen LogP contribution in [0.2, 0.25) is 5.02 Å². The molecule has 0 saturated heterocycles. The summed E-state index contributed by atoms with van der Waals surface area (Å²) in [7, 11) is 0. The highest BCUT2D eigenvalue weighted by atomic mass is 79.9. The molecule has 0 aliphatic carbocycles. The molecule has 8 heteroatoms. The van der Waals surface area contributed by atoms with Crippen molar-refractivity contribution in [1.29, 1.82) is 5.26 Å². The zero-order valence-corrected chi connectivity index (χ0v) is 20.2. The van der Waals surface area contributed by atoms with Crippen LogP contribution in [0.25, 0.3) is 0 Å². The van der Waals surface area contributed by atoms with E-state index in [1.807, 2.05) is 38.1 Å². The normalized spacial score (nSPS) is 16.0. The number of hydrogen-bond acceptors (Lipinski definition) is 4. The molecule has 2 aromatic rings. The lowest BCUT2D eigenvalue weighted by molar-refractivity contribution is -0.121. The third kappa shape index (κ3) is 5.70. The Hall–Kier alpha value is -2.27. The van der Waals surface area contributed by atoms with E-state index in [-0.39, 0.29) is 29.9 Å². The summed E-state index contributed by atoms with van der Waals surface area (Å²) in [5.41, 5.74) is 4.11. The Morgan fingerprint density at radius 1 is 1.35 bits per heavy atom. The molecule has 0 fully saturated rings. The number of nitrogens with zero attached hydrogens (tertiary/aromatic N) is 1. The fraction of sp³-hybridized carbons (Fsp3) is 0.261. The lowest BCUT2D eigenvalue weighted by Gasteiger charge is -2.25. The summed E-state index contributed by atoms with van der Waals surface area (Å²) in [6.07, 6.45) is 0.963. The maximum atomic E-state index is 12.6. The number of anilines is 1. The summed E-state index contributed by atoms with van der Waals surface area (Å²) in [5.74, 6) is -0.661. The second-order valence-corrected chi connectivity index (χ2v) is 9.50. The van der Waals surface area contributed by atoms with E-state index in [1.165, 1.54) is 0 Å². The van der Waals surface area contributed by atoms with Gasteiger partial charge in [0.1, 0.15) is 0 Å². The third-order valence-corrected chi connectivity index (χ3v) is 6.73. The van der Waals surface area contributed by atoms with Gasteiger partial charge in [-0.3, -0.25) is 9.59 Å². The molecule has 1 aliphatic rings. The van der Waals surface area contributed by atoms with E-state index in [0.29, 0.717) is 15.6 Å². The van der Waals surface area contributed by atoms with Crippen molar-refractivity contribution in [2.45, 2.75) is 32.6 Å². The summed E-state index contributed by atoms with van der Waals surface area (Å²) in [6, 6.07) is 13.3. The van der Waals surface area contributed by atoms with Gasteiger partial charge in [-0.15, -0.1) is 0 Å². The molecule has 0 spiro atoms. The molecular formula is C23H21BrClN3O2S. The van der Waals surface area contributed by atoms with E-state index in [1.54, 1.807) is 12.1 Å². The number of allylic oxidation sites excluding steroid dienone is 1. The largest absolute Gasteiger partial charge is 0.325 e. The molecule has 0 bridgehead atoms. The second-order valence-electron chi connectivity index (χ2n) is 7.16. The van der Waals surface area contributed by atoms with E-state index in [0.717, 1.165) is 45.0 Å². The van der Waals surface area contributed by atoms with Gasteiger partial charge in [0.15, 0.2) is 0 Å². The van der Waals surface area contributed by atoms with Crippen LogP contribution in [-0.2, 0) is 16.0 Å². The number of carbonyl (C=O) groups is 2. The van der Waals surface area contributed by atoms with Crippen LogP contribution < -0.4 is 10.6 Å². The average Bonchev–Trinajstić information content (AvgIpc) is 2.74. The Morgan fingerprint density at radius 3 is 2.71 bits per heavy atom. The van der Waals surface area contributed by atoms with Crippen molar-refractivity contribution >= 4 is 56.8 Å². The van der Waals surface area contributed by atoms with Crippen molar-refractivity contribution < 1.29 is 9.59 Å². The van der Waals surface area contributed by atoms with Crippen LogP contribution in [0.1, 0.15) is 36.0 Å². The molecule has 1 heterocycles. The molecule has 1 aliphatic heterocycles. The number of benzene rings is 2. The number of carbonyl (C=O) groups excluding carboxylic acids is 2. The number of rotatable bonds is 6. The number of thioether (sulfide) groups is 1. The van der Waals surface area contributed by atoms with Crippen LogP contribution in [0, 0.1) is 18.3 Å². The zero-order valence-electron chi connectivity index (χ0n) is 17.1. The number of halogens is 2. The lowest BCUT2D eigenvalue weighted by atomic mass is 9.87. The Labute approximate surface area is 199 Å². The van der Waals surface area contributed by atoms with Gasteiger partial charge >= 0.3 is 0 Å². The van der Waals surface area contributed by atoms with Gasteiger partial charge in [-0.1, -0.05) is 58.3 Å². The molecule has 0 saturated carbocycles. The summed E-state index contributed by atoms with van der Waals surface area (Å²) >= 11 is 10.6. The van der Waals surface area contributed by atoms with Gasteiger partial charge in [-0.2, -0.15) is 5.26 Å². The molecule has 0 aromatic heterocycles. The van der Waals surface area contributed by atoms with Crippen LogP contribution in [0.3, 0.4) is 0 Å². The van der Waals surface area contributed by atoms with Crippen molar-refractivity contribution in [3.63, 3.8) is 0 Å². The van der Waals surface area contributed by atoms with Crippen LogP contribution in [0.4, 0.5) is 5.69 Å². The SMILES string of the molecule is CCc1cc(Br)cc(C)c1NC(=O)CSC1=C(C#N)[C@H](c2ccc(Cl)cc2)CC(=O)N1. The summed E-state index contributed by atoms with van der Waals surface area (Å²) < 4.78 is 0.969. The number of nitrogens with one attached hydrogen (secondary N) is 2. The van der Waals surface area contributed by atoms with Gasteiger partial charge in [0.2, 0.25) is 11.8 Å². The highest BCUT2D eigenvalue weighted by Gasteiger charge is 2.30. The number of nitriles is 1. The zero-order chi connectivity index (χ0) is 22.5. The van der Waals surface area contributed by atoms with Gasteiger partial charge in [-0.25, -0.2) is 0 Å². The van der Waals surface area contributed by atoms with Crippen molar-refractivity contribution in [2.24, 2.45) is 0 Å². The topological polar surface area (TPSA) is 82.0 Å². The summed E-state index contributed by atoms with van der Waals surface area (Å²) in [5, 5.41) is 16.5. The molecule has 5 nitrogen and oxygen atoms in total. The van der Waals surface area contributed by atoms with Crippen LogP contribution in [-0.4, -0.2) is 17.6 Å². The Balaban J connectivity index is 1.78. The highest BCUT2D eigenvalue weighted by molar-refractivity contribution is 9.10. The number of hydrogen-bond donors (Lipinski definition) is 2. The van der Waals surface area contributed by atoms with Crippen LogP contribution in [0.15, 0.2) is 51.5 Å². The molecule has 1 atom stereocenters. The van der Waals surface area contributed by atoms with Gasteiger partial charge in [0, 0.05) is 27.5 Å². The van der Waals surface area contributed by atoms with E-state index in [4.69, 9.17) is 11.6 Å². The van der Waals surface area contributed by atoms with E-state index < -0.39 is 0 Å². The minimum atomic E-state index is -0.359. The van der Waals surface area contributed by atoms with Crippen molar-refractivity contribution in [1.82, 2.24) is 5.32 Å². The molecule has 0 unspecified atom stereocenters. The maximum Gasteiger partial charge on any atom is 0.234 e. The first-order valence-corrected chi connectivity index (χ1v) is 11.9. The predicted molar refractivity (Wildman–Crippen MR) is 129 cm³/mol. The maximum absolute atomic E-state index is 12.6. The number of aryl methyl sites for hydroxylation is 2. The molecule has 2 N–H and O–H groups in total. The van der Waals surface area contributed by atoms with Crippen molar-refractivity contribution in [2.75, 3.05) is 11.1 Å². The molecule has 2 amide bonds. The number of amides is 2. The van der Waals surface area contributed by atoms with Gasteiger partial charge in [0.25, 0.3) is 0 Å². The first kappa shape index (κ1) is 23.4. The first-order chi connectivity index (χ1) is 14.8. The molecule has 3 rings (SSSR count). The molecule has 0 radical (unpaired) electrons. The second kappa shape index (κ2) is 10.4.